The fraction of sp³-hybridized carbons (Fsp3) is 0.263. The average molecular weight is 377 g/mol. The van der Waals surface area contributed by atoms with Crippen molar-refractivity contribution in [3.8, 4) is 17.2 Å². The predicted molar refractivity (Wildman–Crippen MR) is 102 cm³/mol. The molecule has 0 aliphatic rings. The smallest absolute Gasteiger partial charge is 0.264 e. The maximum absolute atomic E-state index is 13.2. The van der Waals surface area contributed by atoms with E-state index in [1.54, 1.807) is 30.3 Å². The minimum Gasteiger partial charge on any atom is -0.497 e. The van der Waals surface area contributed by atoms with Gasteiger partial charge in [0.1, 0.15) is 17.2 Å². The van der Waals surface area contributed by atoms with Crippen LogP contribution in [0.15, 0.2) is 60.0 Å². The number of sulfonamides is 1. The lowest BCUT2D eigenvalue weighted by Crippen LogP contribution is -2.31. The van der Waals surface area contributed by atoms with E-state index in [0.717, 1.165) is 0 Å². The van der Waals surface area contributed by atoms with Crippen molar-refractivity contribution in [1.29, 1.82) is 0 Å². The van der Waals surface area contributed by atoms with Crippen molar-refractivity contribution in [3.05, 3.63) is 55.1 Å². The van der Waals surface area contributed by atoms with E-state index in [9.17, 15) is 8.42 Å². The molecule has 2 rings (SSSR count). The number of ether oxygens (including phenoxy) is 3. The summed E-state index contributed by atoms with van der Waals surface area (Å²) in [5.74, 6) is 1.56. The Balaban J connectivity index is 2.53. The van der Waals surface area contributed by atoms with E-state index in [4.69, 9.17) is 14.2 Å². The van der Waals surface area contributed by atoms with E-state index < -0.39 is 10.0 Å². The zero-order chi connectivity index (χ0) is 19.2. The van der Waals surface area contributed by atoms with Crippen LogP contribution in [0.2, 0.25) is 0 Å². The van der Waals surface area contributed by atoms with Crippen LogP contribution in [0, 0.1) is 0 Å². The Labute approximate surface area is 154 Å². The van der Waals surface area contributed by atoms with Gasteiger partial charge in [0, 0.05) is 6.07 Å². The summed E-state index contributed by atoms with van der Waals surface area (Å²) in [5.41, 5.74) is 0.376. The first-order valence-electron chi connectivity index (χ1n) is 8.06. The summed E-state index contributed by atoms with van der Waals surface area (Å²) in [6, 6.07) is 11.3. The highest BCUT2D eigenvalue weighted by Crippen LogP contribution is 2.35. The van der Waals surface area contributed by atoms with Crippen molar-refractivity contribution >= 4 is 15.7 Å². The number of benzene rings is 2. The minimum atomic E-state index is -3.83. The third-order valence-corrected chi connectivity index (χ3v) is 5.47. The molecule has 2 aromatic rings. The predicted octanol–water partition coefficient (Wildman–Crippen LogP) is 3.48. The number of anilines is 1. The highest BCUT2D eigenvalue weighted by Gasteiger charge is 2.27. The second kappa shape index (κ2) is 8.62. The van der Waals surface area contributed by atoms with Gasteiger partial charge in [-0.15, -0.1) is 6.58 Å². The summed E-state index contributed by atoms with van der Waals surface area (Å²) in [7, 11) is -0.829. The Bertz CT molecular complexity index is 847. The molecule has 0 saturated heterocycles. The van der Waals surface area contributed by atoms with Crippen LogP contribution < -0.4 is 18.5 Å². The monoisotopic (exact) mass is 377 g/mol. The number of methoxy groups -OCH3 is 2. The van der Waals surface area contributed by atoms with Crippen molar-refractivity contribution < 1.29 is 22.6 Å². The topological polar surface area (TPSA) is 65.1 Å². The summed E-state index contributed by atoms with van der Waals surface area (Å²) in [5, 5.41) is 0. The zero-order valence-electron chi connectivity index (χ0n) is 15.1. The first-order chi connectivity index (χ1) is 12.5. The lowest BCUT2D eigenvalue weighted by atomic mass is 10.2. The second-order valence-corrected chi connectivity index (χ2v) is 7.13. The van der Waals surface area contributed by atoms with Crippen LogP contribution in [0.5, 0.6) is 17.2 Å². The van der Waals surface area contributed by atoms with Gasteiger partial charge in [-0.2, -0.15) is 0 Å². The Morgan fingerprint density at radius 2 is 1.69 bits per heavy atom. The maximum atomic E-state index is 13.2. The molecule has 0 spiro atoms. The van der Waals surface area contributed by atoms with Gasteiger partial charge >= 0.3 is 0 Å². The zero-order valence-corrected chi connectivity index (χ0v) is 16.0. The van der Waals surface area contributed by atoms with E-state index in [0.29, 0.717) is 29.5 Å². The number of rotatable bonds is 9. The molecular formula is C19H23NO5S. The van der Waals surface area contributed by atoms with Gasteiger partial charge in [0.15, 0.2) is 0 Å². The van der Waals surface area contributed by atoms with Crippen molar-refractivity contribution in [2.24, 2.45) is 0 Å². The van der Waals surface area contributed by atoms with E-state index in [-0.39, 0.29) is 11.4 Å². The van der Waals surface area contributed by atoms with Crippen LogP contribution in [-0.4, -0.2) is 35.8 Å². The lowest BCUT2D eigenvalue weighted by molar-refractivity contribution is 0.340. The van der Waals surface area contributed by atoms with E-state index in [1.807, 2.05) is 6.92 Å². The van der Waals surface area contributed by atoms with Crippen LogP contribution >= 0.6 is 0 Å². The van der Waals surface area contributed by atoms with Gasteiger partial charge < -0.3 is 14.2 Å². The molecule has 26 heavy (non-hydrogen) atoms. The van der Waals surface area contributed by atoms with Gasteiger partial charge in [0.05, 0.1) is 38.0 Å². The molecular weight excluding hydrogens is 354 g/mol. The molecule has 0 saturated carbocycles. The first-order valence-corrected chi connectivity index (χ1v) is 9.50. The fourth-order valence-electron chi connectivity index (χ4n) is 2.44. The molecule has 0 aromatic heterocycles. The summed E-state index contributed by atoms with van der Waals surface area (Å²) in [6.45, 7) is 6.13. The third kappa shape index (κ3) is 4.11. The third-order valence-electron chi connectivity index (χ3n) is 3.67. The molecule has 2 aromatic carbocycles. The average Bonchev–Trinajstić information content (AvgIpc) is 2.66. The Morgan fingerprint density at radius 3 is 2.23 bits per heavy atom. The van der Waals surface area contributed by atoms with Crippen LogP contribution in [0.25, 0.3) is 0 Å². The Morgan fingerprint density at radius 1 is 1.04 bits per heavy atom. The normalized spacial score (nSPS) is 10.9. The van der Waals surface area contributed by atoms with Crippen LogP contribution in [-0.2, 0) is 10.0 Å². The molecule has 0 radical (unpaired) electrons. The second-order valence-electron chi connectivity index (χ2n) is 5.27. The van der Waals surface area contributed by atoms with Gasteiger partial charge in [0.2, 0.25) is 0 Å². The highest BCUT2D eigenvalue weighted by molar-refractivity contribution is 7.92. The summed E-state index contributed by atoms with van der Waals surface area (Å²) < 4.78 is 43.6. The standard InChI is InChI=1S/C19H23NO5S/c1-5-13-20(18-14-16(23-3)9-12-19(18)24-4)26(21,22)17-10-7-15(8-11-17)25-6-2/h5,7-12,14H,1,6,13H2,2-4H3. The molecule has 0 fully saturated rings. The van der Waals surface area contributed by atoms with Gasteiger partial charge in [-0.3, -0.25) is 4.31 Å². The molecule has 7 heteroatoms. The molecule has 0 aliphatic heterocycles. The molecule has 0 aliphatic carbocycles. The minimum absolute atomic E-state index is 0.0824. The van der Waals surface area contributed by atoms with Gasteiger partial charge in [-0.1, -0.05) is 6.08 Å². The first kappa shape index (κ1) is 19.7. The van der Waals surface area contributed by atoms with Crippen molar-refractivity contribution in [2.45, 2.75) is 11.8 Å². The number of nitrogens with zero attached hydrogens (tertiary/aromatic N) is 1. The van der Waals surface area contributed by atoms with Crippen LogP contribution in [0.3, 0.4) is 0 Å². The quantitative estimate of drug-likeness (QED) is 0.626. The fourth-order valence-corrected chi connectivity index (χ4v) is 3.87. The molecule has 0 N–H and O–H groups in total. The van der Waals surface area contributed by atoms with Gasteiger partial charge in [0.25, 0.3) is 10.0 Å². The number of hydrogen-bond donors (Lipinski definition) is 0. The highest BCUT2D eigenvalue weighted by atomic mass is 32.2. The summed E-state index contributed by atoms with van der Waals surface area (Å²) in [6.07, 6.45) is 1.52. The summed E-state index contributed by atoms with van der Waals surface area (Å²) in [4.78, 5) is 0.146. The maximum Gasteiger partial charge on any atom is 0.264 e. The van der Waals surface area contributed by atoms with Crippen molar-refractivity contribution in [2.75, 3.05) is 31.7 Å². The summed E-state index contributed by atoms with van der Waals surface area (Å²) >= 11 is 0. The molecule has 0 atom stereocenters. The molecule has 140 valence electrons. The largest absolute Gasteiger partial charge is 0.497 e. The Kier molecular flexibility index (Phi) is 6.52. The Hall–Kier alpha value is -2.67. The van der Waals surface area contributed by atoms with Crippen LogP contribution in [0.4, 0.5) is 5.69 Å². The molecule has 0 unspecified atom stereocenters. The molecule has 6 nitrogen and oxygen atoms in total. The van der Waals surface area contributed by atoms with E-state index >= 15 is 0 Å². The van der Waals surface area contributed by atoms with Gasteiger partial charge in [-0.05, 0) is 43.3 Å². The van der Waals surface area contributed by atoms with Gasteiger partial charge in [-0.25, -0.2) is 8.42 Å². The molecule has 0 amide bonds. The SMILES string of the molecule is C=CCN(c1cc(OC)ccc1OC)S(=O)(=O)c1ccc(OCC)cc1. The van der Waals surface area contributed by atoms with E-state index in [2.05, 4.69) is 6.58 Å². The van der Waals surface area contributed by atoms with Crippen molar-refractivity contribution in [1.82, 2.24) is 0 Å². The van der Waals surface area contributed by atoms with Crippen LogP contribution in [0.1, 0.15) is 6.92 Å². The molecule has 0 heterocycles. The van der Waals surface area contributed by atoms with Crippen molar-refractivity contribution in [3.63, 3.8) is 0 Å². The lowest BCUT2D eigenvalue weighted by Gasteiger charge is -2.25. The number of hydrogen-bond acceptors (Lipinski definition) is 5. The molecule has 0 bridgehead atoms. The van der Waals surface area contributed by atoms with E-state index in [1.165, 1.54) is 36.7 Å².